The molecule has 0 radical (unpaired) electrons. The van der Waals surface area contributed by atoms with Crippen molar-refractivity contribution in [3.8, 4) is 0 Å². The van der Waals surface area contributed by atoms with Gasteiger partial charge in [-0.2, -0.15) is 0 Å². The summed E-state index contributed by atoms with van der Waals surface area (Å²) in [6.45, 7) is 6.07. The molecule has 0 aliphatic heterocycles. The number of hydrogen-bond acceptors (Lipinski definition) is 5. The largest absolute Gasteiger partial charge is 0.295 e. The average molecular weight is 394 g/mol. The first kappa shape index (κ1) is 16.1. The molecular formula is C15H16BrN5OS. The van der Waals surface area contributed by atoms with Crippen molar-refractivity contribution in [1.82, 2.24) is 19.6 Å². The van der Waals surface area contributed by atoms with E-state index >= 15 is 0 Å². The standard InChI is InChI=1S/C15H16BrN5OS/c1-4-10-12(21-7-9(16)5-6-11(21)17-10)13(22)18-15-20-19-14(23-15)8(2)3/h5-8H,4H2,1-3H3,(H,18,20,22). The maximum Gasteiger partial charge on any atom is 0.276 e. The van der Waals surface area contributed by atoms with Crippen LogP contribution in [0.1, 0.15) is 47.9 Å². The van der Waals surface area contributed by atoms with E-state index in [2.05, 4.69) is 36.4 Å². The Morgan fingerprint density at radius 1 is 1.39 bits per heavy atom. The van der Waals surface area contributed by atoms with Crippen LogP contribution >= 0.6 is 27.3 Å². The number of carbonyl (C=O) groups is 1. The number of aryl methyl sites for hydroxylation is 1. The number of nitrogens with one attached hydrogen (secondary N) is 1. The van der Waals surface area contributed by atoms with E-state index in [1.165, 1.54) is 11.3 Å². The Bertz CT molecular complexity index is 870. The van der Waals surface area contributed by atoms with E-state index in [9.17, 15) is 4.79 Å². The van der Waals surface area contributed by atoms with Gasteiger partial charge in [0.1, 0.15) is 16.3 Å². The van der Waals surface area contributed by atoms with Crippen molar-refractivity contribution < 1.29 is 4.79 Å². The van der Waals surface area contributed by atoms with Crippen molar-refractivity contribution in [2.45, 2.75) is 33.1 Å². The number of carbonyl (C=O) groups excluding carboxylic acids is 1. The molecule has 3 aromatic heterocycles. The third kappa shape index (κ3) is 3.13. The van der Waals surface area contributed by atoms with E-state index in [-0.39, 0.29) is 11.8 Å². The van der Waals surface area contributed by atoms with Gasteiger partial charge in [-0.15, -0.1) is 10.2 Å². The highest BCUT2D eigenvalue weighted by atomic mass is 79.9. The van der Waals surface area contributed by atoms with Crippen LogP contribution in [-0.4, -0.2) is 25.5 Å². The number of halogens is 1. The van der Waals surface area contributed by atoms with E-state index in [0.29, 0.717) is 17.2 Å². The van der Waals surface area contributed by atoms with Crippen molar-refractivity contribution in [2.75, 3.05) is 5.32 Å². The van der Waals surface area contributed by atoms with E-state index in [1.807, 2.05) is 39.1 Å². The fourth-order valence-electron chi connectivity index (χ4n) is 2.23. The van der Waals surface area contributed by atoms with Crippen molar-refractivity contribution in [3.63, 3.8) is 0 Å². The molecule has 6 nitrogen and oxygen atoms in total. The topological polar surface area (TPSA) is 72.2 Å². The molecule has 0 fully saturated rings. The summed E-state index contributed by atoms with van der Waals surface area (Å²) < 4.78 is 2.68. The van der Waals surface area contributed by atoms with E-state index in [0.717, 1.165) is 20.8 Å². The van der Waals surface area contributed by atoms with Crippen molar-refractivity contribution >= 4 is 44.0 Å². The lowest BCUT2D eigenvalue weighted by Crippen LogP contribution is -2.16. The molecular weight excluding hydrogens is 378 g/mol. The molecule has 0 aromatic carbocycles. The van der Waals surface area contributed by atoms with Crippen LogP contribution in [-0.2, 0) is 6.42 Å². The Labute approximate surface area is 146 Å². The van der Waals surface area contributed by atoms with Crippen LogP contribution in [0.2, 0.25) is 0 Å². The molecule has 0 spiro atoms. The normalized spacial score (nSPS) is 11.3. The molecule has 0 saturated heterocycles. The van der Waals surface area contributed by atoms with Gasteiger partial charge in [-0.3, -0.25) is 14.5 Å². The summed E-state index contributed by atoms with van der Waals surface area (Å²) in [4.78, 5) is 17.2. The average Bonchev–Trinajstić information content (AvgIpc) is 3.10. The van der Waals surface area contributed by atoms with Gasteiger partial charge in [0.2, 0.25) is 5.13 Å². The third-order valence-electron chi connectivity index (χ3n) is 3.36. The first-order chi connectivity index (χ1) is 11.0. The molecule has 0 atom stereocenters. The summed E-state index contributed by atoms with van der Waals surface area (Å²) in [5.74, 6) is 0.0648. The molecule has 1 amide bonds. The molecule has 3 rings (SSSR count). The molecule has 0 saturated carbocycles. The Morgan fingerprint density at radius 3 is 2.83 bits per heavy atom. The predicted molar refractivity (Wildman–Crippen MR) is 94.2 cm³/mol. The third-order valence-corrected chi connectivity index (χ3v) is 4.97. The first-order valence-electron chi connectivity index (χ1n) is 7.30. The zero-order valence-corrected chi connectivity index (χ0v) is 15.4. The zero-order valence-electron chi connectivity index (χ0n) is 13.0. The zero-order chi connectivity index (χ0) is 16.6. The van der Waals surface area contributed by atoms with Crippen LogP contribution < -0.4 is 5.32 Å². The number of fused-ring (bicyclic) bond motifs is 1. The first-order valence-corrected chi connectivity index (χ1v) is 8.91. The molecule has 120 valence electrons. The monoisotopic (exact) mass is 393 g/mol. The fraction of sp³-hybridized carbons (Fsp3) is 0.333. The molecule has 0 aliphatic rings. The van der Waals surface area contributed by atoms with Gasteiger partial charge in [0, 0.05) is 16.6 Å². The number of nitrogens with zero attached hydrogens (tertiary/aromatic N) is 4. The smallest absolute Gasteiger partial charge is 0.276 e. The number of rotatable bonds is 4. The lowest BCUT2D eigenvalue weighted by Gasteiger charge is -2.04. The molecule has 23 heavy (non-hydrogen) atoms. The Morgan fingerprint density at radius 2 is 2.17 bits per heavy atom. The van der Waals surface area contributed by atoms with Crippen LogP contribution in [0.5, 0.6) is 0 Å². The fourth-order valence-corrected chi connectivity index (χ4v) is 3.31. The highest BCUT2D eigenvalue weighted by Crippen LogP contribution is 2.24. The summed E-state index contributed by atoms with van der Waals surface area (Å²) in [5, 5.41) is 12.4. The second-order valence-electron chi connectivity index (χ2n) is 5.39. The Hall–Kier alpha value is -1.80. The van der Waals surface area contributed by atoms with Gasteiger partial charge < -0.3 is 0 Å². The predicted octanol–water partition coefficient (Wildman–Crippen LogP) is 3.89. The minimum Gasteiger partial charge on any atom is -0.295 e. The van der Waals surface area contributed by atoms with Gasteiger partial charge in [0.05, 0.1) is 5.69 Å². The van der Waals surface area contributed by atoms with Crippen molar-refractivity contribution in [2.24, 2.45) is 0 Å². The van der Waals surface area contributed by atoms with Crippen LogP contribution in [0.3, 0.4) is 0 Å². The van der Waals surface area contributed by atoms with Crippen LogP contribution in [0, 0.1) is 0 Å². The van der Waals surface area contributed by atoms with E-state index < -0.39 is 0 Å². The quantitative estimate of drug-likeness (QED) is 0.729. The number of aromatic nitrogens is 4. The van der Waals surface area contributed by atoms with E-state index in [4.69, 9.17) is 0 Å². The maximum absolute atomic E-state index is 12.7. The van der Waals surface area contributed by atoms with Gasteiger partial charge in [0.15, 0.2) is 0 Å². The summed E-state index contributed by atoms with van der Waals surface area (Å²) in [6.07, 6.45) is 2.52. The number of anilines is 1. The second-order valence-corrected chi connectivity index (χ2v) is 7.32. The second kappa shape index (κ2) is 6.37. The molecule has 3 heterocycles. The maximum atomic E-state index is 12.7. The van der Waals surface area contributed by atoms with Crippen LogP contribution in [0.4, 0.5) is 5.13 Å². The van der Waals surface area contributed by atoms with Gasteiger partial charge in [-0.25, -0.2) is 4.98 Å². The SMILES string of the molecule is CCc1nc2ccc(Br)cn2c1C(=O)Nc1nnc(C(C)C)s1. The van der Waals surface area contributed by atoms with Crippen LogP contribution in [0.25, 0.3) is 5.65 Å². The summed E-state index contributed by atoms with van der Waals surface area (Å²) in [7, 11) is 0. The highest BCUT2D eigenvalue weighted by Gasteiger charge is 2.20. The molecule has 0 bridgehead atoms. The van der Waals surface area contributed by atoms with Gasteiger partial charge in [-0.05, 0) is 34.5 Å². The van der Waals surface area contributed by atoms with Crippen LogP contribution in [0.15, 0.2) is 22.8 Å². The summed E-state index contributed by atoms with van der Waals surface area (Å²) in [6, 6.07) is 3.78. The molecule has 0 unspecified atom stereocenters. The minimum atomic E-state index is -0.223. The lowest BCUT2D eigenvalue weighted by molar-refractivity contribution is 0.102. The number of hydrogen-bond donors (Lipinski definition) is 1. The van der Waals surface area contributed by atoms with Crippen molar-refractivity contribution in [1.29, 1.82) is 0 Å². The molecule has 3 aromatic rings. The summed E-state index contributed by atoms with van der Waals surface area (Å²) in [5.41, 5.74) is 2.04. The number of pyridine rings is 1. The summed E-state index contributed by atoms with van der Waals surface area (Å²) >= 11 is 4.83. The minimum absolute atomic E-state index is 0.223. The van der Waals surface area contributed by atoms with Crippen molar-refractivity contribution in [3.05, 3.63) is 39.2 Å². The van der Waals surface area contributed by atoms with Gasteiger partial charge in [0.25, 0.3) is 5.91 Å². The number of imidazole rings is 1. The van der Waals surface area contributed by atoms with E-state index in [1.54, 1.807) is 4.40 Å². The van der Waals surface area contributed by atoms with Gasteiger partial charge in [-0.1, -0.05) is 32.1 Å². The Kier molecular flexibility index (Phi) is 4.45. The molecule has 1 N–H and O–H groups in total. The van der Waals surface area contributed by atoms with Gasteiger partial charge >= 0.3 is 0 Å². The highest BCUT2D eigenvalue weighted by molar-refractivity contribution is 9.10. The Balaban J connectivity index is 1.97. The molecule has 0 aliphatic carbocycles. The lowest BCUT2D eigenvalue weighted by atomic mass is 10.2. The molecule has 8 heteroatoms. The number of amides is 1.